The molecule has 166 valence electrons. The number of ether oxygens (including phenoxy) is 1. The molecule has 1 aromatic rings. The van der Waals surface area contributed by atoms with Crippen LogP contribution in [0.4, 0.5) is 10.5 Å². The second-order valence-corrected chi connectivity index (χ2v) is 9.53. The summed E-state index contributed by atoms with van der Waals surface area (Å²) in [4.78, 5) is 26.5. The molecule has 2 aliphatic rings. The van der Waals surface area contributed by atoms with E-state index in [1.807, 2.05) is 45.0 Å². The Labute approximate surface area is 184 Å². The average molecular weight is 425 g/mol. The van der Waals surface area contributed by atoms with Crippen LogP contribution < -0.4 is 5.32 Å². The molecule has 1 N–H and O–H groups in total. The maximum absolute atomic E-state index is 12.4. The lowest BCUT2D eigenvalue weighted by molar-refractivity contribution is -0.116. The number of likely N-dealkylation sites (tertiary alicyclic amines) is 1. The summed E-state index contributed by atoms with van der Waals surface area (Å²) in [5, 5.41) is 11.1. The van der Waals surface area contributed by atoms with E-state index in [1.165, 1.54) is 0 Å². The summed E-state index contributed by atoms with van der Waals surface area (Å²) in [6.07, 6.45) is 7.28. The highest BCUT2D eigenvalue weighted by atomic mass is 16.6. The van der Waals surface area contributed by atoms with E-state index in [2.05, 4.69) is 28.4 Å². The fourth-order valence-electron chi connectivity index (χ4n) is 3.90. The Morgan fingerprint density at radius 2 is 1.90 bits per heavy atom. The lowest BCUT2D eigenvalue weighted by atomic mass is 9.90. The molecule has 2 heterocycles. The standard InChI is InChI=1S/C24H32N4O3/c1-6-7-13-24(26-27-24)14-12-21(29)25-19-10-8-18(9-11-19)20-16-28(15-17(20)2)22(30)31-23(3,4)5/h1,8-11,17,20H,7,12-16H2,2-5H3,(H,25,29)/t17-,20-/m1/s1. The Morgan fingerprint density at radius 3 is 2.48 bits per heavy atom. The zero-order valence-corrected chi connectivity index (χ0v) is 18.9. The number of nitrogens with one attached hydrogen (secondary N) is 1. The molecule has 2 atom stereocenters. The fourth-order valence-corrected chi connectivity index (χ4v) is 3.90. The molecule has 3 rings (SSSR count). The van der Waals surface area contributed by atoms with Crippen LogP contribution in [0.1, 0.15) is 64.9 Å². The van der Waals surface area contributed by atoms with E-state index in [4.69, 9.17) is 11.2 Å². The third-order valence-corrected chi connectivity index (χ3v) is 5.69. The van der Waals surface area contributed by atoms with Gasteiger partial charge in [0.25, 0.3) is 0 Å². The van der Waals surface area contributed by atoms with E-state index in [-0.39, 0.29) is 17.9 Å². The minimum absolute atomic E-state index is 0.0598. The monoisotopic (exact) mass is 424 g/mol. The van der Waals surface area contributed by atoms with Crippen LogP contribution in [0.5, 0.6) is 0 Å². The van der Waals surface area contributed by atoms with Crippen LogP contribution in [0.3, 0.4) is 0 Å². The maximum atomic E-state index is 12.4. The molecule has 0 unspecified atom stereocenters. The van der Waals surface area contributed by atoms with E-state index < -0.39 is 11.3 Å². The van der Waals surface area contributed by atoms with Crippen molar-refractivity contribution in [3.8, 4) is 12.3 Å². The lowest BCUT2D eigenvalue weighted by Gasteiger charge is -2.24. The fraction of sp³-hybridized carbons (Fsp3) is 0.583. The number of hydrogen-bond acceptors (Lipinski definition) is 5. The summed E-state index contributed by atoms with van der Waals surface area (Å²) in [5.74, 6) is 3.11. The smallest absolute Gasteiger partial charge is 0.410 e. The number of anilines is 1. The summed E-state index contributed by atoms with van der Waals surface area (Å²) in [5.41, 5.74) is 0.971. The van der Waals surface area contributed by atoms with Gasteiger partial charge in [-0.15, -0.1) is 12.3 Å². The largest absolute Gasteiger partial charge is 0.444 e. The summed E-state index contributed by atoms with van der Waals surface area (Å²) >= 11 is 0. The molecule has 0 aromatic heterocycles. The predicted octanol–water partition coefficient (Wildman–Crippen LogP) is 4.95. The van der Waals surface area contributed by atoms with Crippen molar-refractivity contribution in [2.45, 2.75) is 70.6 Å². The van der Waals surface area contributed by atoms with Gasteiger partial charge in [-0.25, -0.2) is 4.79 Å². The molecular weight excluding hydrogens is 392 g/mol. The van der Waals surface area contributed by atoms with Crippen LogP contribution in [0.25, 0.3) is 0 Å². The normalized spacial score (nSPS) is 21.5. The quantitative estimate of drug-likeness (QED) is 0.629. The summed E-state index contributed by atoms with van der Waals surface area (Å²) in [7, 11) is 0. The number of benzene rings is 1. The number of hydrogen-bond donors (Lipinski definition) is 1. The number of carbonyl (C=O) groups excluding carboxylic acids is 2. The van der Waals surface area contributed by atoms with E-state index in [9.17, 15) is 9.59 Å². The van der Waals surface area contributed by atoms with Gasteiger partial charge < -0.3 is 15.0 Å². The first-order chi connectivity index (χ1) is 14.6. The first-order valence-corrected chi connectivity index (χ1v) is 10.9. The lowest BCUT2D eigenvalue weighted by Crippen LogP contribution is -2.35. The number of carbonyl (C=O) groups is 2. The maximum Gasteiger partial charge on any atom is 0.410 e. The number of rotatable bonds is 7. The Balaban J connectivity index is 1.50. The first kappa shape index (κ1) is 22.8. The highest BCUT2D eigenvalue weighted by molar-refractivity contribution is 5.90. The number of terminal acetylenes is 1. The molecule has 2 aliphatic heterocycles. The van der Waals surface area contributed by atoms with Crippen molar-refractivity contribution < 1.29 is 14.3 Å². The van der Waals surface area contributed by atoms with Crippen LogP contribution in [0.15, 0.2) is 34.5 Å². The van der Waals surface area contributed by atoms with Crippen molar-refractivity contribution in [1.29, 1.82) is 0 Å². The van der Waals surface area contributed by atoms with Gasteiger partial charge >= 0.3 is 6.09 Å². The van der Waals surface area contributed by atoms with Crippen LogP contribution in [0, 0.1) is 18.3 Å². The van der Waals surface area contributed by atoms with E-state index in [0.29, 0.717) is 44.7 Å². The molecule has 1 fully saturated rings. The summed E-state index contributed by atoms with van der Waals surface area (Å²) in [6, 6.07) is 7.87. The predicted molar refractivity (Wildman–Crippen MR) is 120 cm³/mol. The third-order valence-electron chi connectivity index (χ3n) is 5.69. The number of amides is 2. The Kier molecular flexibility index (Phi) is 6.68. The molecule has 0 bridgehead atoms. The topological polar surface area (TPSA) is 83.4 Å². The van der Waals surface area contributed by atoms with Crippen molar-refractivity contribution in [2.75, 3.05) is 18.4 Å². The van der Waals surface area contributed by atoms with Gasteiger partial charge in [0.1, 0.15) is 5.60 Å². The minimum Gasteiger partial charge on any atom is -0.444 e. The van der Waals surface area contributed by atoms with Gasteiger partial charge in [0.15, 0.2) is 5.66 Å². The molecular formula is C24H32N4O3. The van der Waals surface area contributed by atoms with Crippen LogP contribution >= 0.6 is 0 Å². The zero-order chi connectivity index (χ0) is 22.6. The second kappa shape index (κ2) is 9.09. The van der Waals surface area contributed by atoms with Crippen molar-refractivity contribution in [3.63, 3.8) is 0 Å². The SMILES string of the molecule is C#CCCC1(CCC(=O)Nc2ccc([C@@H]3CN(C(=O)OC(C)(C)C)C[C@H]3C)cc2)N=N1. The van der Waals surface area contributed by atoms with Gasteiger partial charge in [0.2, 0.25) is 5.91 Å². The van der Waals surface area contributed by atoms with Crippen LogP contribution in [-0.4, -0.2) is 41.3 Å². The average Bonchev–Trinajstić information content (AvgIpc) is 3.37. The van der Waals surface area contributed by atoms with Gasteiger partial charge in [-0.3, -0.25) is 4.79 Å². The molecule has 0 radical (unpaired) electrons. The van der Waals surface area contributed by atoms with E-state index >= 15 is 0 Å². The van der Waals surface area contributed by atoms with Crippen LogP contribution in [-0.2, 0) is 9.53 Å². The summed E-state index contributed by atoms with van der Waals surface area (Å²) in [6.45, 7) is 9.08. The Morgan fingerprint density at radius 1 is 1.23 bits per heavy atom. The molecule has 0 aliphatic carbocycles. The molecule has 0 saturated carbocycles. The van der Waals surface area contributed by atoms with Gasteiger partial charge in [-0.05, 0) is 44.4 Å². The van der Waals surface area contributed by atoms with Gasteiger partial charge in [0, 0.05) is 50.4 Å². The van der Waals surface area contributed by atoms with Gasteiger partial charge in [0.05, 0.1) is 0 Å². The van der Waals surface area contributed by atoms with Crippen molar-refractivity contribution in [3.05, 3.63) is 29.8 Å². The number of nitrogens with zero attached hydrogens (tertiary/aromatic N) is 3. The molecule has 0 spiro atoms. The van der Waals surface area contributed by atoms with E-state index in [1.54, 1.807) is 4.90 Å². The highest BCUT2D eigenvalue weighted by Gasteiger charge is 2.39. The third kappa shape index (κ3) is 6.30. The zero-order valence-electron chi connectivity index (χ0n) is 18.9. The van der Waals surface area contributed by atoms with Crippen molar-refractivity contribution in [2.24, 2.45) is 16.1 Å². The Bertz CT molecular complexity index is 874. The summed E-state index contributed by atoms with van der Waals surface area (Å²) < 4.78 is 5.51. The molecule has 7 heteroatoms. The Hall–Kier alpha value is -2.88. The van der Waals surface area contributed by atoms with Gasteiger partial charge in [-0.2, -0.15) is 10.2 Å². The van der Waals surface area contributed by atoms with Crippen LogP contribution in [0.2, 0.25) is 0 Å². The first-order valence-electron chi connectivity index (χ1n) is 10.9. The molecule has 2 amide bonds. The molecule has 31 heavy (non-hydrogen) atoms. The molecule has 1 saturated heterocycles. The van der Waals surface area contributed by atoms with Crippen molar-refractivity contribution in [1.82, 2.24) is 4.90 Å². The van der Waals surface area contributed by atoms with Gasteiger partial charge in [-0.1, -0.05) is 19.1 Å². The van der Waals surface area contributed by atoms with E-state index in [0.717, 1.165) is 11.3 Å². The highest BCUT2D eigenvalue weighted by Crippen LogP contribution is 2.38. The van der Waals surface area contributed by atoms with Crippen molar-refractivity contribution >= 4 is 17.7 Å². The molecule has 7 nitrogen and oxygen atoms in total. The minimum atomic E-state index is -0.499. The second-order valence-electron chi connectivity index (χ2n) is 9.53. The molecule has 1 aromatic carbocycles.